The first kappa shape index (κ1) is 12.9. The van der Waals surface area contributed by atoms with Gasteiger partial charge in [0.2, 0.25) is 0 Å². The summed E-state index contributed by atoms with van der Waals surface area (Å²) >= 11 is 1.67. The number of aliphatic hydroxyl groups is 1. The number of likely N-dealkylation sites (N-methyl/N-ethyl adjacent to an activating group) is 1. The van der Waals surface area contributed by atoms with Crippen molar-refractivity contribution < 1.29 is 5.11 Å². The number of nitrogens with zero attached hydrogens (tertiary/aromatic N) is 4. The van der Waals surface area contributed by atoms with Gasteiger partial charge in [-0.1, -0.05) is 0 Å². The highest BCUT2D eigenvalue weighted by molar-refractivity contribution is 7.11. The molecule has 1 aliphatic heterocycles. The van der Waals surface area contributed by atoms with E-state index in [4.69, 9.17) is 5.11 Å². The van der Waals surface area contributed by atoms with Crippen LogP contribution in [0.4, 0.5) is 0 Å². The van der Waals surface area contributed by atoms with Crippen LogP contribution in [0.5, 0.6) is 0 Å². The van der Waals surface area contributed by atoms with Crippen LogP contribution in [0, 0.1) is 6.92 Å². The van der Waals surface area contributed by atoms with Gasteiger partial charge in [-0.25, -0.2) is 0 Å². The van der Waals surface area contributed by atoms with Crippen LogP contribution in [-0.2, 0) is 6.54 Å². The topological polar surface area (TPSA) is 52.5 Å². The van der Waals surface area contributed by atoms with E-state index in [1.807, 2.05) is 6.92 Å². The van der Waals surface area contributed by atoms with Crippen LogP contribution in [0.3, 0.4) is 0 Å². The summed E-state index contributed by atoms with van der Waals surface area (Å²) in [6.07, 6.45) is 0.849. The molecule has 0 saturated carbocycles. The molecular weight excluding hydrogens is 236 g/mol. The van der Waals surface area contributed by atoms with Crippen LogP contribution >= 0.6 is 11.3 Å². The van der Waals surface area contributed by atoms with Crippen LogP contribution in [-0.4, -0.2) is 64.4 Å². The molecule has 2 heterocycles. The lowest BCUT2D eigenvalue weighted by Gasteiger charge is -2.38. The molecule has 0 bridgehead atoms. The van der Waals surface area contributed by atoms with E-state index in [2.05, 4.69) is 27.0 Å². The molecule has 1 atom stereocenters. The molecule has 1 aliphatic rings. The Hall–Kier alpha value is -0.560. The minimum atomic E-state index is 0.265. The summed E-state index contributed by atoms with van der Waals surface area (Å²) in [6.45, 7) is 6.27. The molecule has 1 N–H and O–H groups in total. The molecule has 1 aromatic heterocycles. The van der Waals surface area contributed by atoms with Crippen LogP contribution in [0.25, 0.3) is 0 Å². The molecule has 6 heteroatoms. The van der Waals surface area contributed by atoms with Crippen molar-refractivity contribution in [2.75, 3.05) is 33.3 Å². The number of piperazine rings is 1. The highest BCUT2D eigenvalue weighted by Gasteiger charge is 2.24. The van der Waals surface area contributed by atoms with Gasteiger partial charge in [-0.15, -0.1) is 21.5 Å². The maximum absolute atomic E-state index is 9.05. The third-order valence-electron chi connectivity index (χ3n) is 3.25. The van der Waals surface area contributed by atoms with Crippen molar-refractivity contribution in [1.29, 1.82) is 0 Å². The van der Waals surface area contributed by atoms with Crippen molar-refractivity contribution in [2.24, 2.45) is 0 Å². The Bertz CT molecular complexity index is 357. The molecule has 0 aromatic carbocycles. The van der Waals surface area contributed by atoms with Gasteiger partial charge in [0.05, 0.1) is 6.54 Å². The molecule has 0 radical (unpaired) electrons. The lowest BCUT2D eigenvalue weighted by molar-refractivity contribution is 0.0741. The van der Waals surface area contributed by atoms with Crippen molar-refractivity contribution >= 4 is 11.3 Å². The third-order valence-corrected chi connectivity index (χ3v) is 4.07. The van der Waals surface area contributed by atoms with Crippen LogP contribution in [0.1, 0.15) is 16.4 Å². The molecule has 5 nitrogen and oxygen atoms in total. The van der Waals surface area contributed by atoms with Gasteiger partial charge in [0, 0.05) is 32.3 Å². The molecular formula is C11H20N4OS. The summed E-state index contributed by atoms with van der Waals surface area (Å²) in [4.78, 5) is 4.73. The van der Waals surface area contributed by atoms with Crippen LogP contribution in [0.15, 0.2) is 0 Å². The van der Waals surface area contributed by atoms with Gasteiger partial charge >= 0.3 is 0 Å². The Morgan fingerprint density at radius 2 is 2.24 bits per heavy atom. The summed E-state index contributed by atoms with van der Waals surface area (Å²) in [5.41, 5.74) is 0. The summed E-state index contributed by atoms with van der Waals surface area (Å²) in [5.74, 6) is 0. The molecule has 17 heavy (non-hydrogen) atoms. The summed E-state index contributed by atoms with van der Waals surface area (Å²) in [5, 5.41) is 19.4. The fourth-order valence-electron chi connectivity index (χ4n) is 2.21. The van der Waals surface area contributed by atoms with E-state index in [1.54, 1.807) is 11.3 Å². The molecule has 1 fully saturated rings. The van der Waals surface area contributed by atoms with Gasteiger partial charge in [-0.3, -0.25) is 4.90 Å². The Labute approximate surface area is 106 Å². The zero-order valence-electron chi connectivity index (χ0n) is 10.5. The minimum absolute atomic E-state index is 0.265. The molecule has 96 valence electrons. The molecule has 1 saturated heterocycles. The second-order valence-electron chi connectivity index (χ2n) is 4.60. The summed E-state index contributed by atoms with van der Waals surface area (Å²) in [7, 11) is 2.13. The first-order valence-electron chi connectivity index (χ1n) is 6.01. The highest BCUT2D eigenvalue weighted by atomic mass is 32.1. The normalized spacial score (nSPS) is 23.1. The van der Waals surface area contributed by atoms with Gasteiger partial charge in [-0.05, 0) is 20.4 Å². The van der Waals surface area contributed by atoms with Crippen molar-refractivity contribution in [1.82, 2.24) is 20.0 Å². The molecule has 1 aromatic rings. The predicted molar refractivity (Wildman–Crippen MR) is 68.0 cm³/mol. The number of hydrogen-bond acceptors (Lipinski definition) is 6. The number of aromatic nitrogens is 2. The standard InChI is InChI=1S/C11H20N4OS/c1-9-12-13-11(17-9)8-15-5-4-14(2)10(7-15)3-6-16/h10,16H,3-8H2,1-2H3/t10-/m0/s1. The lowest BCUT2D eigenvalue weighted by atomic mass is 10.1. The third kappa shape index (κ3) is 3.45. The number of aryl methyl sites for hydroxylation is 1. The molecule has 0 aliphatic carbocycles. The van der Waals surface area contributed by atoms with E-state index >= 15 is 0 Å². The van der Waals surface area contributed by atoms with E-state index in [1.165, 1.54) is 0 Å². The maximum atomic E-state index is 9.05. The van der Waals surface area contributed by atoms with E-state index in [0.29, 0.717) is 6.04 Å². The fourth-order valence-corrected chi connectivity index (χ4v) is 2.96. The Morgan fingerprint density at radius 1 is 1.41 bits per heavy atom. The van der Waals surface area contributed by atoms with E-state index in [9.17, 15) is 0 Å². The van der Waals surface area contributed by atoms with Crippen molar-refractivity contribution in [3.05, 3.63) is 10.0 Å². The molecule has 0 amide bonds. The second kappa shape index (κ2) is 5.86. The quantitative estimate of drug-likeness (QED) is 0.842. The first-order valence-corrected chi connectivity index (χ1v) is 6.83. The van der Waals surface area contributed by atoms with Crippen LogP contribution in [0.2, 0.25) is 0 Å². The first-order chi connectivity index (χ1) is 8.19. The lowest BCUT2D eigenvalue weighted by Crippen LogP contribution is -2.51. The number of aliphatic hydroxyl groups excluding tert-OH is 1. The van der Waals surface area contributed by atoms with Gasteiger partial charge in [0.1, 0.15) is 10.0 Å². The fraction of sp³-hybridized carbons (Fsp3) is 0.818. The smallest absolute Gasteiger partial charge is 0.131 e. The SMILES string of the molecule is Cc1nnc(CN2CCN(C)[C@@H](CCO)C2)s1. The van der Waals surface area contributed by atoms with Gasteiger partial charge in [0.15, 0.2) is 0 Å². The van der Waals surface area contributed by atoms with Crippen LogP contribution < -0.4 is 0 Å². The van der Waals surface area contributed by atoms with E-state index in [0.717, 1.165) is 42.6 Å². The molecule has 0 unspecified atom stereocenters. The second-order valence-corrected chi connectivity index (χ2v) is 5.86. The maximum Gasteiger partial charge on any atom is 0.131 e. The van der Waals surface area contributed by atoms with Crippen molar-refractivity contribution in [3.63, 3.8) is 0 Å². The number of hydrogen-bond donors (Lipinski definition) is 1. The van der Waals surface area contributed by atoms with Gasteiger partial charge in [-0.2, -0.15) is 0 Å². The van der Waals surface area contributed by atoms with Gasteiger partial charge in [0.25, 0.3) is 0 Å². The van der Waals surface area contributed by atoms with E-state index in [-0.39, 0.29) is 6.61 Å². The Balaban J connectivity index is 1.89. The predicted octanol–water partition coefficient (Wildman–Crippen LogP) is 0.345. The molecule has 0 spiro atoms. The summed E-state index contributed by atoms with van der Waals surface area (Å²) in [6, 6.07) is 0.461. The zero-order chi connectivity index (χ0) is 12.3. The average Bonchev–Trinajstić information content (AvgIpc) is 2.69. The number of rotatable bonds is 4. The Kier molecular flexibility index (Phi) is 4.44. The molecule has 2 rings (SSSR count). The van der Waals surface area contributed by atoms with Gasteiger partial charge < -0.3 is 10.0 Å². The Morgan fingerprint density at radius 3 is 2.88 bits per heavy atom. The summed E-state index contributed by atoms with van der Waals surface area (Å²) < 4.78 is 0. The zero-order valence-corrected chi connectivity index (χ0v) is 11.3. The van der Waals surface area contributed by atoms with E-state index < -0.39 is 0 Å². The minimum Gasteiger partial charge on any atom is -0.396 e. The van der Waals surface area contributed by atoms with Crippen molar-refractivity contribution in [2.45, 2.75) is 25.9 Å². The monoisotopic (exact) mass is 256 g/mol. The highest BCUT2D eigenvalue weighted by Crippen LogP contribution is 2.16. The average molecular weight is 256 g/mol. The van der Waals surface area contributed by atoms with Crippen molar-refractivity contribution in [3.8, 4) is 0 Å². The largest absolute Gasteiger partial charge is 0.396 e.